The molecule has 7 heteroatoms. The Labute approximate surface area is 113 Å². The van der Waals surface area contributed by atoms with E-state index in [4.69, 9.17) is 11.6 Å². The fourth-order valence-electron chi connectivity index (χ4n) is 2.14. The molecule has 0 aromatic carbocycles. The molecule has 1 amide bonds. The van der Waals surface area contributed by atoms with Crippen LogP contribution in [-0.4, -0.2) is 38.9 Å². The van der Waals surface area contributed by atoms with Gasteiger partial charge >= 0.3 is 0 Å². The van der Waals surface area contributed by atoms with Gasteiger partial charge in [0, 0.05) is 19.3 Å². The molecule has 0 spiro atoms. The van der Waals surface area contributed by atoms with E-state index >= 15 is 0 Å². The highest BCUT2D eigenvalue weighted by Gasteiger charge is 2.29. The second kappa shape index (κ2) is 4.70. The quantitative estimate of drug-likeness (QED) is 0.847. The fraction of sp³-hybridized carbons (Fsp3) is 0.364. The summed E-state index contributed by atoms with van der Waals surface area (Å²) < 4.78 is 2.46. The summed E-state index contributed by atoms with van der Waals surface area (Å²) in [5.41, 5.74) is 0. The number of hydrogen-bond acceptors (Lipinski definition) is 4. The molecule has 18 heavy (non-hydrogen) atoms. The van der Waals surface area contributed by atoms with Gasteiger partial charge in [0.15, 0.2) is 0 Å². The lowest BCUT2D eigenvalue weighted by atomic mass is 10.3. The molecule has 0 unspecified atom stereocenters. The minimum atomic E-state index is 0.0505. The Morgan fingerprint density at radius 1 is 1.50 bits per heavy atom. The van der Waals surface area contributed by atoms with Crippen LogP contribution in [0.5, 0.6) is 0 Å². The molecular formula is C11H11ClN4OS. The largest absolute Gasteiger partial charge is 0.336 e. The summed E-state index contributed by atoms with van der Waals surface area (Å²) in [7, 11) is 0. The van der Waals surface area contributed by atoms with E-state index in [1.54, 1.807) is 18.3 Å². The summed E-state index contributed by atoms with van der Waals surface area (Å²) in [6.45, 7) is 1.43. The second-order valence-electron chi connectivity index (χ2n) is 4.18. The van der Waals surface area contributed by atoms with E-state index in [-0.39, 0.29) is 11.9 Å². The lowest BCUT2D eigenvalue weighted by Crippen LogP contribution is -2.28. The third-order valence-electron chi connectivity index (χ3n) is 3.05. The van der Waals surface area contributed by atoms with Gasteiger partial charge in [0.2, 0.25) is 0 Å². The van der Waals surface area contributed by atoms with E-state index in [2.05, 4.69) is 10.3 Å². The van der Waals surface area contributed by atoms with Crippen LogP contribution < -0.4 is 0 Å². The van der Waals surface area contributed by atoms with E-state index in [0.717, 1.165) is 13.0 Å². The van der Waals surface area contributed by atoms with Gasteiger partial charge in [-0.2, -0.15) is 0 Å². The predicted octanol–water partition coefficient (Wildman–Crippen LogP) is 2.08. The highest BCUT2D eigenvalue weighted by molar-refractivity contribution is 7.17. The van der Waals surface area contributed by atoms with Crippen molar-refractivity contribution in [2.75, 3.05) is 13.1 Å². The molecule has 1 saturated heterocycles. The van der Waals surface area contributed by atoms with Crippen molar-refractivity contribution in [2.24, 2.45) is 0 Å². The Morgan fingerprint density at radius 2 is 2.39 bits per heavy atom. The topological polar surface area (TPSA) is 51.0 Å². The first-order valence-corrected chi connectivity index (χ1v) is 6.84. The van der Waals surface area contributed by atoms with Gasteiger partial charge in [0.1, 0.15) is 0 Å². The van der Waals surface area contributed by atoms with Crippen LogP contribution in [0.1, 0.15) is 22.1 Å². The predicted molar refractivity (Wildman–Crippen MR) is 68.9 cm³/mol. The minimum absolute atomic E-state index is 0.0505. The molecule has 5 nitrogen and oxygen atoms in total. The zero-order valence-corrected chi connectivity index (χ0v) is 11.1. The van der Waals surface area contributed by atoms with Crippen LogP contribution in [0.2, 0.25) is 4.34 Å². The van der Waals surface area contributed by atoms with E-state index in [0.29, 0.717) is 15.8 Å². The SMILES string of the molecule is O=C(c1ccc(Cl)s1)N1CC[C@@H](n2ccnn2)C1. The molecule has 3 heterocycles. The Kier molecular flexibility index (Phi) is 3.05. The number of nitrogens with zero attached hydrogens (tertiary/aromatic N) is 4. The van der Waals surface area contributed by atoms with Crippen LogP contribution >= 0.6 is 22.9 Å². The maximum atomic E-state index is 12.2. The minimum Gasteiger partial charge on any atom is -0.336 e. The van der Waals surface area contributed by atoms with Crippen LogP contribution in [0.15, 0.2) is 24.5 Å². The Morgan fingerprint density at radius 3 is 3.06 bits per heavy atom. The van der Waals surface area contributed by atoms with Gasteiger partial charge in [0.05, 0.1) is 21.5 Å². The van der Waals surface area contributed by atoms with E-state index in [1.807, 2.05) is 15.8 Å². The molecule has 1 fully saturated rings. The normalized spacial score (nSPS) is 19.4. The molecule has 94 valence electrons. The summed E-state index contributed by atoms with van der Waals surface area (Å²) in [4.78, 5) is 14.7. The van der Waals surface area contributed by atoms with Gasteiger partial charge in [-0.1, -0.05) is 16.8 Å². The second-order valence-corrected chi connectivity index (χ2v) is 5.90. The average molecular weight is 283 g/mol. The number of thiophene rings is 1. The zero-order valence-electron chi connectivity index (χ0n) is 9.49. The summed E-state index contributed by atoms with van der Waals surface area (Å²) >= 11 is 7.17. The van der Waals surface area contributed by atoms with E-state index in [9.17, 15) is 4.79 Å². The van der Waals surface area contributed by atoms with Gasteiger partial charge < -0.3 is 4.90 Å². The maximum absolute atomic E-state index is 12.2. The number of hydrogen-bond donors (Lipinski definition) is 0. The molecule has 2 aromatic heterocycles. The summed E-state index contributed by atoms with van der Waals surface area (Å²) in [6, 6.07) is 3.76. The van der Waals surface area contributed by atoms with Gasteiger partial charge in [-0.3, -0.25) is 4.79 Å². The molecule has 3 rings (SSSR count). The first kappa shape index (κ1) is 11.7. The van der Waals surface area contributed by atoms with Crippen LogP contribution in [0.25, 0.3) is 0 Å². The van der Waals surface area contributed by atoms with Crippen molar-refractivity contribution in [3.8, 4) is 0 Å². The van der Waals surface area contributed by atoms with Crippen molar-refractivity contribution < 1.29 is 4.79 Å². The monoisotopic (exact) mass is 282 g/mol. The number of rotatable bonds is 2. The van der Waals surface area contributed by atoms with Crippen molar-refractivity contribution in [3.63, 3.8) is 0 Å². The molecule has 1 aliphatic heterocycles. The summed E-state index contributed by atoms with van der Waals surface area (Å²) in [5.74, 6) is 0.0505. The molecule has 0 aliphatic carbocycles. The lowest BCUT2D eigenvalue weighted by molar-refractivity contribution is 0.0791. The number of carbonyl (C=O) groups is 1. The van der Waals surface area contributed by atoms with E-state index < -0.39 is 0 Å². The van der Waals surface area contributed by atoms with Gasteiger partial charge in [-0.15, -0.1) is 16.4 Å². The molecule has 1 atom stereocenters. The number of halogens is 1. The van der Waals surface area contributed by atoms with Crippen molar-refractivity contribution in [2.45, 2.75) is 12.5 Å². The first-order valence-electron chi connectivity index (χ1n) is 5.64. The highest BCUT2D eigenvalue weighted by Crippen LogP contribution is 2.26. The van der Waals surface area contributed by atoms with Crippen molar-refractivity contribution >= 4 is 28.8 Å². The van der Waals surface area contributed by atoms with E-state index in [1.165, 1.54) is 11.3 Å². The van der Waals surface area contributed by atoms with Crippen LogP contribution in [0.4, 0.5) is 0 Å². The van der Waals surface area contributed by atoms with Gasteiger partial charge in [0.25, 0.3) is 5.91 Å². The molecule has 0 N–H and O–H groups in total. The number of amides is 1. The first-order chi connectivity index (χ1) is 8.74. The number of likely N-dealkylation sites (tertiary alicyclic amines) is 1. The van der Waals surface area contributed by atoms with Crippen molar-refractivity contribution in [3.05, 3.63) is 33.7 Å². The Hall–Kier alpha value is -1.40. The van der Waals surface area contributed by atoms with Crippen molar-refractivity contribution in [1.29, 1.82) is 0 Å². The van der Waals surface area contributed by atoms with Crippen LogP contribution in [0, 0.1) is 0 Å². The van der Waals surface area contributed by atoms with Crippen LogP contribution in [0.3, 0.4) is 0 Å². The van der Waals surface area contributed by atoms with Gasteiger partial charge in [-0.25, -0.2) is 4.68 Å². The molecule has 2 aromatic rings. The maximum Gasteiger partial charge on any atom is 0.264 e. The third-order valence-corrected chi connectivity index (χ3v) is 4.27. The van der Waals surface area contributed by atoms with Crippen molar-refractivity contribution in [1.82, 2.24) is 19.9 Å². The zero-order chi connectivity index (χ0) is 12.5. The Bertz CT molecular complexity index is 553. The lowest BCUT2D eigenvalue weighted by Gasteiger charge is -2.15. The number of carbonyl (C=O) groups excluding carboxylic acids is 1. The fourth-order valence-corrected chi connectivity index (χ4v) is 3.15. The third kappa shape index (κ3) is 2.13. The van der Waals surface area contributed by atoms with Crippen LogP contribution in [-0.2, 0) is 0 Å². The molecule has 0 radical (unpaired) electrons. The summed E-state index contributed by atoms with van der Waals surface area (Å²) in [5, 5.41) is 7.77. The Balaban J connectivity index is 1.70. The molecular weight excluding hydrogens is 272 g/mol. The molecule has 0 bridgehead atoms. The highest BCUT2D eigenvalue weighted by atomic mass is 35.5. The molecule has 1 aliphatic rings. The summed E-state index contributed by atoms with van der Waals surface area (Å²) in [6.07, 6.45) is 4.40. The average Bonchev–Trinajstić information content (AvgIpc) is 3.09. The standard InChI is InChI=1S/C11H11ClN4OS/c12-10-2-1-9(18-10)11(17)15-5-3-8(7-15)16-6-4-13-14-16/h1-2,4,6,8H,3,5,7H2/t8-/m1/s1. The number of aromatic nitrogens is 3. The van der Waals surface area contributed by atoms with Gasteiger partial charge in [-0.05, 0) is 18.6 Å². The smallest absolute Gasteiger partial charge is 0.264 e. The molecule has 0 saturated carbocycles.